The highest BCUT2D eigenvalue weighted by atomic mass is 32.2. The maximum Gasteiger partial charge on any atom is 0.352 e. The van der Waals surface area contributed by atoms with E-state index in [1.165, 1.54) is 38.5 Å². The number of β-lactam (4-membered cyclic amide) rings is 1. The van der Waals surface area contributed by atoms with Crippen molar-refractivity contribution in [1.29, 1.82) is 0 Å². The van der Waals surface area contributed by atoms with Crippen LogP contribution in [-0.2, 0) is 25.8 Å². The number of nitrogens with two attached hydrogens (primary N) is 2. The van der Waals surface area contributed by atoms with Gasteiger partial charge in [0, 0.05) is 23.4 Å². The van der Waals surface area contributed by atoms with E-state index in [0.29, 0.717) is 23.0 Å². The molecule has 1 saturated heterocycles. The highest BCUT2D eigenvalue weighted by molar-refractivity contribution is 8.01. The molecule has 18 heteroatoms. The standard InChI is InChI=1S/C19H22N10O5S3/c1-2-4-28-19(24-26-27-28)37-7-9-6-35-16-12(15(31)29(16)13(9)17(32)33)23-14(30)11(25-34-5-3-20)10-8-36-18(21)22-10/h2,8,12,16H,1,3-7,20H2,(H2,21,22)(H,23,30)(H,32,33)/b25-11+. The molecule has 6 N–H and O–H groups in total. The number of oxime groups is 1. The molecule has 0 aromatic carbocycles. The summed E-state index contributed by atoms with van der Waals surface area (Å²) in [6.45, 7) is 4.30. The smallest absolute Gasteiger partial charge is 0.352 e. The molecule has 2 aliphatic heterocycles. The molecule has 0 radical (unpaired) electrons. The van der Waals surface area contributed by atoms with Crippen molar-refractivity contribution in [3.05, 3.63) is 35.0 Å². The van der Waals surface area contributed by atoms with E-state index in [1.54, 1.807) is 6.08 Å². The molecule has 0 aliphatic carbocycles. The first kappa shape index (κ1) is 26.6. The molecule has 196 valence electrons. The first-order chi connectivity index (χ1) is 17.8. The second kappa shape index (κ2) is 11.7. The predicted octanol–water partition coefficient (Wildman–Crippen LogP) is -0.892. The number of thiazole rings is 1. The average molecular weight is 567 g/mol. The number of allylic oxidation sites excluding steroid dienone is 1. The van der Waals surface area contributed by atoms with Crippen molar-refractivity contribution in [2.75, 3.05) is 30.4 Å². The molecule has 0 saturated carbocycles. The largest absolute Gasteiger partial charge is 0.477 e. The first-order valence-electron chi connectivity index (χ1n) is 10.7. The van der Waals surface area contributed by atoms with Crippen molar-refractivity contribution < 1.29 is 24.3 Å². The van der Waals surface area contributed by atoms with Gasteiger partial charge in [0.05, 0.1) is 6.54 Å². The quantitative estimate of drug-likeness (QED) is 0.0613. The van der Waals surface area contributed by atoms with E-state index in [9.17, 15) is 19.5 Å². The molecule has 15 nitrogen and oxygen atoms in total. The topological polar surface area (TPSA) is 217 Å². The normalized spacial score (nSPS) is 19.3. The zero-order chi connectivity index (χ0) is 26.5. The molecule has 2 amide bonds. The minimum absolute atomic E-state index is 0.0680. The van der Waals surface area contributed by atoms with Crippen molar-refractivity contribution >= 4 is 63.5 Å². The summed E-state index contributed by atoms with van der Waals surface area (Å²) in [5.41, 5.74) is 11.5. The number of hydrogen-bond acceptors (Lipinski definition) is 14. The lowest BCUT2D eigenvalue weighted by Gasteiger charge is -2.49. The Morgan fingerprint density at radius 3 is 2.95 bits per heavy atom. The van der Waals surface area contributed by atoms with Gasteiger partial charge in [0.25, 0.3) is 11.8 Å². The Morgan fingerprint density at radius 1 is 1.46 bits per heavy atom. The average Bonchev–Trinajstić information content (AvgIpc) is 3.51. The highest BCUT2D eigenvalue weighted by Crippen LogP contribution is 2.41. The molecule has 2 aliphatic rings. The van der Waals surface area contributed by atoms with E-state index in [2.05, 4.69) is 37.6 Å². The van der Waals surface area contributed by atoms with Crippen molar-refractivity contribution in [3.63, 3.8) is 0 Å². The second-order valence-electron chi connectivity index (χ2n) is 7.47. The molecule has 0 bridgehead atoms. The summed E-state index contributed by atoms with van der Waals surface area (Å²) in [7, 11) is 0. The number of rotatable bonds is 12. The van der Waals surface area contributed by atoms with Gasteiger partial charge in [-0.15, -0.1) is 34.8 Å². The number of fused-ring (bicyclic) bond motifs is 1. The van der Waals surface area contributed by atoms with Gasteiger partial charge < -0.3 is 26.7 Å². The Hall–Kier alpha value is -3.48. The van der Waals surface area contributed by atoms with Gasteiger partial charge in [0.2, 0.25) is 5.16 Å². The van der Waals surface area contributed by atoms with Crippen molar-refractivity contribution in [2.45, 2.75) is 23.1 Å². The summed E-state index contributed by atoms with van der Waals surface area (Å²) in [5.74, 6) is -1.90. The van der Waals surface area contributed by atoms with Gasteiger partial charge in [-0.3, -0.25) is 14.5 Å². The summed E-state index contributed by atoms with van der Waals surface area (Å²) >= 11 is 3.71. The summed E-state index contributed by atoms with van der Waals surface area (Å²) in [4.78, 5) is 48.4. The molecule has 2 aromatic heterocycles. The number of carbonyl (C=O) groups excluding carboxylic acids is 2. The SMILES string of the molecule is C=CCn1nnnc1SCC1=C(C(=O)O)N2C(=O)C(NC(=O)/C(=N/OCCN)c3csc(N)n3)C2SC1. The molecule has 4 heterocycles. The third-order valence-electron chi connectivity index (χ3n) is 5.06. The molecule has 4 rings (SSSR count). The summed E-state index contributed by atoms with van der Waals surface area (Å²) in [5, 5.41) is 29.4. The van der Waals surface area contributed by atoms with Gasteiger partial charge in [0.15, 0.2) is 10.8 Å². The number of aromatic nitrogens is 5. The van der Waals surface area contributed by atoms with E-state index in [0.717, 1.165) is 11.3 Å². The number of nitrogens with one attached hydrogen (secondary N) is 1. The lowest BCUT2D eigenvalue weighted by molar-refractivity contribution is -0.150. The number of carboxylic acids is 1. The van der Waals surface area contributed by atoms with E-state index in [4.69, 9.17) is 16.3 Å². The van der Waals surface area contributed by atoms with Crippen LogP contribution in [0.15, 0.2) is 39.6 Å². The number of amides is 2. The molecule has 1 fully saturated rings. The van der Waals surface area contributed by atoms with Crippen molar-refractivity contribution in [1.82, 2.24) is 35.4 Å². The zero-order valence-corrected chi connectivity index (χ0v) is 21.6. The zero-order valence-electron chi connectivity index (χ0n) is 19.1. The molecule has 2 unspecified atom stereocenters. The number of hydrogen-bond donors (Lipinski definition) is 4. The van der Waals surface area contributed by atoms with Crippen molar-refractivity contribution in [3.8, 4) is 0 Å². The van der Waals surface area contributed by atoms with Gasteiger partial charge in [-0.1, -0.05) is 23.0 Å². The lowest BCUT2D eigenvalue weighted by atomic mass is 10.0. The number of aliphatic carboxylic acids is 1. The Balaban J connectivity index is 1.48. The van der Waals surface area contributed by atoms with Gasteiger partial charge in [-0.2, -0.15) is 0 Å². The number of anilines is 1. The van der Waals surface area contributed by atoms with E-state index >= 15 is 0 Å². The van der Waals surface area contributed by atoms with Crippen LogP contribution in [0.2, 0.25) is 0 Å². The van der Waals surface area contributed by atoms with Gasteiger partial charge >= 0.3 is 5.97 Å². The van der Waals surface area contributed by atoms with E-state index in [1.807, 2.05) is 0 Å². The van der Waals surface area contributed by atoms with Gasteiger partial charge in [0.1, 0.15) is 29.4 Å². The molecule has 37 heavy (non-hydrogen) atoms. The van der Waals surface area contributed by atoms with E-state index < -0.39 is 29.2 Å². The highest BCUT2D eigenvalue weighted by Gasteiger charge is 2.54. The van der Waals surface area contributed by atoms with Crippen LogP contribution in [0.25, 0.3) is 0 Å². The van der Waals surface area contributed by atoms with Crippen molar-refractivity contribution in [2.24, 2.45) is 10.9 Å². The van der Waals surface area contributed by atoms with Crippen LogP contribution in [0.5, 0.6) is 0 Å². The lowest BCUT2D eigenvalue weighted by Crippen LogP contribution is -2.71. The van der Waals surface area contributed by atoms with E-state index in [-0.39, 0.29) is 41.1 Å². The van der Waals surface area contributed by atoms with Crippen LogP contribution in [0.3, 0.4) is 0 Å². The number of carboxylic acid groups (broad SMARTS) is 1. The molecular weight excluding hydrogens is 544 g/mol. The number of nitrogens with zero attached hydrogens (tertiary/aromatic N) is 7. The van der Waals surface area contributed by atoms with Gasteiger partial charge in [-0.25, -0.2) is 14.5 Å². The number of tetrazole rings is 1. The van der Waals surface area contributed by atoms with Crippen LogP contribution in [0.1, 0.15) is 5.69 Å². The summed E-state index contributed by atoms with van der Waals surface area (Å²) < 4.78 is 1.53. The minimum atomic E-state index is -1.24. The minimum Gasteiger partial charge on any atom is -0.477 e. The monoisotopic (exact) mass is 566 g/mol. The summed E-state index contributed by atoms with van der Waals surface area (Å²) in [6.07, 6.45) is 1.64. The predicted molar refractivity (Wildman–Crippen MR) is 136 cm³/mol. The summed E-state index contributed by atoms with van der Waals surface area (Å²) in [6, 6.07) is -0.961. The molecule has 0 spiro atoms. The fraction of sp³-hybridized carbons (Fsp3) is 0.368. The van der Waals surface area contributed by atoms with Crippen LogP contribution in [0, 0.1) is 0 Å². The Labute approximate surface area is 222 Å². The Kier molecular flexibility index (Phi) is 8.41. The second-order valence-corrected chi connectivity index (χ2v) is 10.4. The number of thioether (sulfide) groups is 2. The number of nitrogen functional groups attached to an aromatic ring is 1. The third kappa shape index (κ3) is 5.60. The maximum absolute atomic E-state index is 13.0. The molecule has 2 atom stereocenters. The molecule has 2 aromatic rings. The van der Waals surface area contributed by atoms with Crippen LogP contribution < -0.4 is 16.8 Å². The van der Waals surface area contributed by atoms with Gasteiger partial charge in [-0.05, 0) is 16.0 Å². The van der Waals surface area contributed by atoms with Crippen LogP contribution >= 0.6 is 34.9 Å². The van der Waals surface area contributed by atoms with Crippen LogP contribution in [0.4, 0.5) is 5.13 Å². The third-order valence-corrected chi connectivity index (χ3v) is 8.11. The maximum atomic E-state index is 13.0. The fourth-order valence-corrected chi connectivity index (χ4v) is 6.38. The van der Waals surface area contributed by atoms with Crippen LogP contribution in [-0.4, -0.2) is 94.8 Å². The number of carbonyl (C=O) groups is 3. The fourth-order valence-electron chi connectivity index (χ4n) is 3.46. The first-order valence-corrected chi connectivity index (χ1v) is 13.6. The Bertz CT molecular complexity index is 1270. The Morgan fingerprint density at radius 2 is 2.27 bits per heavy atom. The molecular formula is C19H22N10O5S3.